The molecule has 3 heterocycles. The molecule has 1 aromatic heterocycles. The van der Waals surface area contributed by atoms with Gasteiger partial charge in [0.25, 0.3) is 0 Å². The molecule has 1 unspecified atom stereocenters. The van der Waals surface area contributed by atoms with E-state index in [1.807, 2.05) is 6.92 Å². The molecule has 0 radical (unpaired) electrons. The van der Waals surface area contributed by atoms with Gasteiger partial charge in [-0.2, -0.15) is 0 Å². The van der Waals surface area contributed by atoms with E-state index in [4.69, 9.17) is 9.98 Å². The van der Waals surface area contributed by atoms with Crippen LogP contribution in [-0.4, -0.2) is 45.9 Å². The molecule has 5 rings (SSSR count). The molecule has 0 saturated heterocycles. The van der Waals surface area contributed by atoms with Crippen molar-refractivity contribution < 1.29 is 13.6 Å². The van der Waals surface area contributed by atoms with E-state index in [-0.39, 0.29) is 36.5 Å². The van der Waals surface area contributed by atoms with E-state index in [9.17, 15) is 13.6 Å². The fraction of sp³-hybridized carbons (Fsp3) is 0.500. The molecule has 2 aromatic rings. The van der Waals surface area contributed by atoms with Crippen LogP contribution in [-0.2, 0) is 6.42 Å². The summed E-state index contributed by atoms with van der Waals surface area (Å²) in [5, 5.41) is 0. The Morgan fingerprint density at radius 1 is 1.23 bits per heavy atom. The first kappa shape index (κ1) is 21.7. The minimum Gasteiger partial charge on any atom is -0.337 e. The maximum atomic E-state index is 14.1. The Labute approximate surface area is 186 Å². The van der Waals surface area contributed by atoms with E-state index in [0.29, 0.717) is 30.7 Å². The summed E-state index contributed by atoms with van der Waals surface area (Å²) < 4.78 is 27.7. The fourth-order valence-corrected chi connectivity index (χ4v) is 4.80. The van der Waals surface area contributed by atoms with Gasteiger partial charge in [-0.15, -0.1) is 12.4 Å². The molecule has 1 N–H and O–H groups in total. The van der Waals surface area contributed by atoms with Crippen LogP contribution in [0.5, 0.6) is 0 Å². The van der Waals surface area contributed by atoms with E-state index in [2.05, 4.69) is 4.98 Å². The molecule has 3 aliphatic rings. The van der Waals surface area contributed by atoms with Crippen molar-refractivity contribution in [3.05, 3.63) is 46.9 Å². The molecule has 1 fully saturated rings. The van der Waals surface area contributed by atoms with Crippen LogP contribution in [0.25, 0.3) is 0 Å². The molecule has 166 valence electrons. The number of anilines is 1. The number of nitrogens with one attached hydrogen (secondary N) is 1. The highest BCUT2D eigenvalue weighted by atomic mass is 35.5. The summed E-state index contributed by atoms with van der Waals surface area (Å²) in [6.45, 7) is 2.95. The maximum Gasteiger partial charge on any atom is 0.331 e. The number of urea groups is 1. The van der Waals surface area contributed by atoms with Gasteiger partial charge in [0.15, 0.2) is 11.7 Å². The SMILES string of the molecule is CCCN1C(=O)N2CC(Cc3cc(F)ccc3F)N=C2c2[nH]c(C3CCCC3)nc21.Cl. The molecule has 0 bridgehead atoms. The number of aliphatic imine (C=N–C) groups is 1. The van der Waals surface area contributed by atoms with Crippen LogP contribution in [0.4, 0.5) is 19.4 Å². The molecule has 1 aromatic carbocycles. The molecule has 2 aliphatic heterocycles. The number of H-pyrrole nitrogens is 1. The van der Waals surface area contributed by atoms with Gasteiger partial charge in [-0.3, -0.25) is 14.8 Å². The smallest absolute Gasteiger partial charge is 0.331 e. The number of aromatic nitrogens is 2. The quantitative estimate of drug-likeness (QED) is 0.713. The van der Waals surface area contributed by atoms with Crippen molar-refractivity contribution in [1.82, 2.24) is 14.9 Å². The van der Waals surface area contributed by atoms with Crippen LogP contribution in [0, 0.1) is 11.6 Å². The highest BCUT2D eigenvalue weighted by Gasteiger charge is 2.43. The molecule has 2 amide bonds. The van der Waals surface area contributed by atoms with Gasteiger partial charge < -0.3 is 4.98 Å². The van der Waals surface area contributed by atoms with Crippen molar-refractivity contribution in [3.63, 3.8) is 0 Å². The minimum absolute atomic E-state index is 0. The summed E-state index contributed by atoms with van der Waals surface area (Å²) in [5.74, 6) is 1.61. The Balaban J connectivity index is 0.00000231. The number of hydrogen-bond acceptors (Lipinski definition) is 3. The van der Waals surface area contributed by atoms with E-state index in [1.54, 1.807) is 9.80 Å². The minimum atomic E-state index is -0.475. The predicted octanol–water partition coefficient (Wildman–Crippen LogP) is 4.79. The number of hydrogen-bond donors (Lipinski definition) is 1. The first-order chi connectivity index (χ1) is 14.5. The van der Waals surface area contributed by atoms with Crippen molar-refractivity contribution in [2.24, 2.45) is 4.99 Å². The van der Waals surface area contributed by atoms with Gasteiger partial charge in [-0.25, -0.2) is 18.6 Å². The average molecular weight is 450 g/mol. The van der Waals surface area contributed by atoms with Crippen molar-refractivity contribution >= 4 is 30.1 Å². The fourth-order valence-electron chi connectivity index (χ4n) is 4.80. The van der Waals surface area contributed by atoms with Crippen LogP contribution in [0.15, 0.2) is 23.2 Å². The van der Waals surface area contributed by atoms with E-state index < -0.39 is 11.6 Å². The number of benzene rings is 1. The second kappa shape index (κ2) is 8.57. The number of aromatic amines is 1. The number of carbonyl (C=O) groups is 1. The third kappa shape index (κ3) is 3.82. The zero-order valence-corrected chi connectivity index (χ0v) is 18.2. The second-order valence-electron chi connectivity index (χ2n) is 8.39. The number of carbonyl (C=O) groups excluding carboxylic acids is 1. The Morgan fingerprint density at radius 2 is 2.00 bits per heavy atom. The summed E-state index contributed by atoms with van der Waals surface area (Å²) in [6.07, 6.45) is 5.65. The van der Waals surface area contributed by atoms with Crippen LogP contribution < -0.4 is 4.90 Å². The molecular weight excluding hydrogens is 424 g/mol. The predicted molar refractivity (Wildman–Crippen MR) is 117 cm³/mol. The highest BCUT2D eigenvalue weighted by molar-refractivity contribution is 6.18. The van der Waals surface area contributed by atoms with Crippen molar-refractivity contribution in [1.29, 1.82) is 0 Å². The molecule has 31 heavy (non-hydrogen) atoms. The Kier molecular flexibility index (Phi) is 6.01. The van der Waals surface area contributed by atoms with Gasteiger partial charge in [-0.05, 0) is 49.4 Å². The van der Waals surface area contributed by atoms with Crippen molar-refractivity contribution in [2.75, 3.05) is 18.0 Å². The van der Waals surface area contributed by atoms with Crippen LogP contribution >= 0.6 is 12.4 Å². The van der Waals surface area contributed by atoms with Gasteiger partial charge in [0, 0.05) is 12.5 Å². The Bertz CT molecular complexity index is 1020. The summed E-state index contributed by atoms with van der Waals surface area (Å²) >= 11 is 0. The van der Waals surface area contributed by atoms with Gasteiger partial charge in [0.05, 0.1) is 12.6 Å². The number of amides is 2. The lowest BCUT2D eigenvalue weighted by Gasteiger charge is -2.32. The van der Waals surface area contributed by atoms with Crippen LogP contribution in [0.2, 0.25) is 0 Å². The Hall–Kier alpha value is -2.48. The Morgan fingerprint density at radius 3 is 2.74 bits per heavy atom. The monoisotopic (exact) mass is 449 g/mol. The first-order valence-corrected chi connectivity index (χ1v) is 10.8. The van der Waals surface area contributed by atoms with Crippen LogP contribution in [0.1, 0.15) is 62.0 Å². The van der Waals surface area contributed by atoms with Gasteiger partial charge in [0.1, 0.15) is 23.2 Å². The largest absolute Gasteiger partial charge is 0.337 e. The molecule has 6 nitrogen and oxygen atoms in total. The maximum absolute atomic E-state index is 14.1. The zero-order chi connectivity index (χ0) is 20.8. The van der Waals surface area contributed by atoms with Gasteiger partial charge >= 0.3 is 6.03 Å². The average Bonchev–Trinajstić information content (AvgIpc) is 3.46. The van der Waals surface area contributed by atoms with Gasteiger partial charge in [-0.1, -0.05) is 19.8 Å². The lowest BCUT2D eigenvalue weighted by atomic mass is 10.1. The van der Waals surface area contributed by atoms with E-state index >= 15 is 0 Å². The first-order valence-electron chi connectivity index (χ1n) is 10.8. The second-order valence-corrected chi connectivity index (χ2v) is 8.39. The molecule has 1 atom stereocenters. The number of fused-ring (bicyclic) bond motifs is 3. The molecule has 1 saturated carbocycles. The third-order valence-electron chi connectivity index (χ3n) is 6.25. The standard InChI is InChI=1S/C22H25F2N5O.ClH/c1-2-9-28-21-18(26-19(27-21)13-5-3-4-6-13)20-25-16(12-29(20)22(28)30)11-14-10-15(23)7-8-17(14)24;/h7-8,10,13,16H,2-6,9,11-12H2,1H3,(H,26,27);1H. The van der Waals surface area contributed by atoms with E-state index in [1.165, 1.54) is 18.9 Å². The summed E-state index contributed by atoms with van der Waals surface area (Å²) in [4.78, 5) is 29.6. The number of amidine groups is 1. The normalized spacial score (nSPS) is 20.5. The zero-order valence-electron chi connectivity index (χ0n) is 17.4. The lowest BCUT2D eigenvalue weighted by molar-refractivity contribution is 0.226. The number of halogens is 3. The van der Waals surface area contributed by atoms with Crippen molar-refractivity contribution in [2.45, 2.75) is 57.4 Å². The highest BCUT2D eigenvalue weighted by Crippen LogP contribution is 2.37. The summed E-state index contributed by atoms with van der Waals surface area (Å²) in [6, 6.07) is 2.98. The molecule has 9 heteroatoms. The third-order valence-corrected chi connectivity index (χ3v) is 6.25. The summed E-state index contributed by atoms with van der Waals surface area (Å²) in [7, 11) is 0. The molecule has 1 aliphatic carbocycles. The molecule has 0 spiro atoms. The van der Waals surface area contributed by atoms with Crippen molar-refractivity contribution in [3.8, 4) is 0 Å². The summed E-state index contributed by atoms with van der Waals surface area (Å²) in [5.41, 5.74) is 1.05. The molecular formula is C22H26ClF2N5O. The number of imidazole rings is 1. The topological polar surface area (TPSA) is 64.6 Å². The van der Waals surface area contributed by atoms with Gasteiger partial charge in [0.2, 0.25) is 0 Å². The lowest BCUT2D eigenvalue weighted by Crippen LogP contribution is -2.50. The number of rotatable bonds is 5. The van der Waals surface area contributed by atoms with E-state index in [0.717, 1.165) is 42.9 Å². The van der Waals surface area contributed by atoms with Crippen LogP contribution in [0.3, 0.4) is 0 Å². The number of nitrogens with zero attached hydrogens (tertiary/aromatic N) is 4.